The van der Waals surface area contributed by atoms with Crippen molar-refractivity contribution < 1.29 is 4.39 Å². The molecule has 3 nitrogen and oxygen atoms in total. The van der Waals surface area contributed by atoms with Gasteiger partial charge in [0.15, 0.2) is 0 Å². The zero-order valence-corrected chi connectivity index (χ0v) is 11.1. The Balaban J connectivity index is 1.99. The summed E-state index contributed by atoms with van der Waals surface area (Å²) in [5.41, 5.74) is 1.56. The van der Waals surface area contributed by atoms with Gasteiger partial charge in [0.2, 0.25) is 5.28 Å². The van der Waals surface area contributed by atoms with Crippen LogP contribution in [0.5, 0.6) is 0 Å². The zero-order chi connectivity index (χ0) is 13.2. The number of hydrogen-bond donors (Lipinski definition) is 0. The van der Waals surface area contributed by atoms with Gasteiger partial charge in [-0.15, -0.1) is 0 Å². The van der Waals surface area contributed by atoms with Crippen LogP contribution in [0.2, 0.25) is 5.28 Å². The molecule has 1 fully saturated rings. The van der Waals surface area contributed by atoms with Crippen molar-refractivity contribution in [2.24, 2.45) is 0 Å². The normalized spacial score (nSPS) is 14.9. The molecule has 0 bridgehead atoms. The highest BCUT2D eigenvalue weighted by molar-refractivity contribution is 6.28. The highest BCUT2D eigenvalue weighted by atomic mass is 35.5. The summed E-state index contributed by atoms with van der Waals surface area (Å²) >= 11 is 5.99. The first-order valence-corrected chi connectivity index (χ1v) is 6.66. The van der Waals surface area contributed by atoms with Crippen molar-refractivity contribution in [3.63, 3.8) is 0 Å². The number of halogens is 2. The maximum Gasteiger partial charge on any atom is 0.224 e. The molecule has 1 aliphatic rings. The van der Waals surface area contributed by atoms with Crippen LogP contribution in [0.25, 0.3) is 11.3 Å². The third kappa shape index (κ3) is 2.68. The van der Waals surface area contributed by atoms with E-state index in [0.717, 1.165) is 30.2 Å². The molecule has 2 heterocycles. The maximum absolute atomic E-state index is 12.9. The topological polar surface area (TPSA) is 29.0 Å². The van der Waals surface area contributed by atoms with Crippen molar-refractivity contribution in [2.45, 2.75) is 12.8 Å². The van der Waals surface area contributed by atoms with E-state index >= 15 is 0 Å². The zero-order valence-electron chi connectivity index (χ0n) is 10.3. The summed E-state index contributed by atoms with van der Waals surface area (Å²) in [7, 11) is 0. The molecule has 1 aromatic heterocycles. The summed E-state index contributed by atoms with van der Waals surface area (Å²) in [5, 5.41) is 0.226. The van der Waals surface area contributed by atoms with E-state index in [-0.39, 0.29) is 11.1 Å². The van der Waals surface area contributed by atoms with Gasteiger partial charge < -0.3 is 4.90 Å². The molecule has 0 N–H and O–H groups in total. The van der Waals surface area contributed by atoms with Gasteiger partial charge in [-0.05, 0) is 48.7 Å². The van der Waals surface area contributed by atoms with Crippen molar-refractivity contribution in [1.82, 2.24) is 9.97 Å². The van der Waals surface area contributed by atoms with Gasteiger partial charge in [-0.3, -0.25) is 0 Å². The maximum atomic E-state index is 12.9. The molecule has 0 amide bonds. The molecule has 0 atom stereocenters. The molecule has 5 heteroatoms. The van der Waals surface area contributed by atoms with Crippen LogP contribution in [-0.4, -0.2) is 23.1 Å². The van der Waals surface area contributed by atoms with Gasteiger partial charge in [-0.25, -0.2) is 14.4 Å². The Morgan fingerprint density at radius 2 is 1.74 bits per heavy atom. The predicted molar refractivity (Wildman–Crippen MR) is 73.9 cm³/mol. The molecular weight excluding hydrogens is 265 g/mol. The lowest BCUT2D eigenvalue weighted by Crippen LogP contribution is -2.19. The predicted octanol–water partition coefficient (Wildman–Crippen LogP) is 3.54. The average Bonchev–Trinajstić information content (AvgIpc) is 2.93. The summed E-state index contributed by atoms with van der Waals surface area (Å²) in [6.45, 7) is 1.99. The van der Waals surface area contributed by atoms with Crippen LogP contribution in [0.15, 0.2) is 30.3 Å². The number of nitrogens with zero attached hydrogens (tertiary/aromatic N) is 3. The Hall–Kier alpha value is -1.68. The molecule has 2 aromatic rings. The van der Waals surface area contributed by atoms with Crippen molar-refractivity contribution in [3.8, 4) is 11.3 Å². The highest BCUT2D eigenvalue weighted by Crippen LogP contribution is 2.25. The van der Waals surface area contributed by atoms with E-state index in [0.29, 0.717) is 0 Å². The number of rotatable bonds is 2. The first kappa shape index (κ1) is 12.4. The summed E-state index contributed by atoms with van der Waals surface area (Å²) in [4.78, 5) is 10.7. The van der Waals surface area contributed by atoms with Crippen molar-refractivity contribution in [3.05, 3.63) is 41.4 Å². The van der Waals surface area contributed by atoms with E-state index in [4.69, 9.17) is 11.6 Å². The third-order valence-corrected chi connectivity index (χ3v) is 3.42. The molecule has 98 valence electrons. The fraction of sp³-hybridized carbons (Fsp3) is 0.286. The molecule has 0 unspecified atom stereocenters. The van der Waals surface area contributed by atoms with Gasteiger partial charge in [0.05, 0.1) is 5.69 Å². The first-order chi connectivity index (χ1) is 9.22. The summed E-state index contributed by atoms with van der Waals surface area (Å²) in [6.07, 6.45) is 2.35. The average molecular weight is 278 g/mol. The summed E-state index contributed by atoms with van der Waals surface area (Å²) < 4.78 is 12.9. The Kier molecular flexibility index (Phi) is 3.34. The molecule has 0 spiro atoms. The lowest BCUT2D eigenvalue weighted by atomic mass is 10.1. The number of benzene rings is 1. The third-order valence-electron chi connectivity index (χ3n) is 3.26. The number of aromatic nitrogens is 2. The highest BCUT2D eigenvalue weighted by Gasteiger charge is 2.15. The monoisotopic (exact) mass is 277 g/mol. The van der Waals surface area contributed by atoms with Gasteiger partial charge >= 0.3 is 0 Å². The van der Waals surface area contributed by atoms with Crippen LogP contribution in [0, 0.1) is 5.82 Å². The van der Waals surface area contributed by atoms with Crippen LogP contribution in [0.4, 0.5) is 10.2 Å². The Labute approximate surface area is 116 Å². The summed E-state index contributed by atoms with van der Waals surface area (Å²) in [6, 6.07) is 8.13. The minimum Gasteiger partial charge on any atom is -0.356 e. The SMILES string of the molecule is Fc1ccc(-c2cc(N3CCCC3)nc(Cl)n2)cc1. The van der Waals surface area contributed by atoms with Gasteiger partial charge in [-0.1, -0.05) is 0 Å². The Morgan fingerprint density at radius 3 is 2.42 bits per heavy atom. The lowest BCUT2D eigenvalue weighted by molar-refractivity contribution is 0.628. The Morgan fingerprint density at radius 1 is 1.05 bits per heavy atom. The van der Waals surface area contributed by atoms with E-state index in [1.807, 2.05) is 6.07 Å². The minimum absolute atomic E-state index is 0.226. The standard InChI is InChI=1S/C14H13ClFN3/c15-14-17-12(10-3-5-11(16)6-4-10)9-13(18-14)19-7-1-2-8-19/h3-6,9H,1-2,7-8H2. The molecule has 3 rings (SSSR count). The van der Waals surface area contributed by atoms with E-state index in [2.05, 4.69) is 14.9 Å². The summed E-state index contributed by atoms with van der Waals surface area (Å²) in [5.74, 6) is 0.584. The Bertz CT molecular complexity index is 580. The van der Waals surface area contributed by atoms with Crippen molar-refractivity contribution in [2.75, 3.05) is 18.0 Å². The van der Waals surface area contributed by atoms with Gasteiger partial charge in [0.1, 0.15) is 11.6 Å². The van der Waals surface area contributed by atoms with Crippen molar-refractivity contribution in [1.29, 1.82) is 0 Å². The van der Waals surface area contributed by atoms with E-state index in [1.54, 1.807) is 12.1 Å². The molecule has 0 radical (unpaired) electrons. The molecule has 1 saturated heterocycles. The number of hydrogen-bond acceptors (Lipinski definition) is 3. The molecule has 19 heavy (non-hydrogen) atoms. The molecule has 1 aliphatic heterocycles. The van der Waals surface area contributed by atoms with Gasteiger partial charge in [-0.2, -0.15) is 0 Å². The van der Waals surface area contributed by atoms with E-state index < -0.39 is 0 Å². The van der Waals surface area contributed by atoms with Crippen LogP contribution in [-0.2, 0) is 0 Å². The number of anilines is 1. The van der Waals surface area contributed by atoms with E-state index in [9.17, 15) is 4.39 Å². The largest absolute Gasteiger partial charge is 0.356 e. The van der Waals surface area contributed by atoms with Crippen LogP contribution < -0.4 is 4.90 Å². The van der Waals surface area contributed by atoms with Crippen LogP contribution >= 0.6 is 11.6 Å². The van der Waals surface area contributed by atoms with Gasteiger partial charge in [0.25, 0.3) is 0 Å². The van der Waals surface area contributed by atoms with Crippen LogP contribution in [0.1, 0.15) is 12.8 Å². The second-order valence-electron chi connectivity index (χ2n) is 4.58. The smallest absolute Gasteiger partial charge is 0.224 e. The molecular formula is C14H13ClFN3. The van der Waals surface area contributed by atoms with Crippen LogP contribution in [0.3, 0.4) is 0 Å². The second kappa shape index (κ2) is 5.13. The first-order valence-electron chi connectivity index (χ1n) is 6.28. The fourth-order valence-corrected chi connectivity index (χ4v) is 2.46. The second-order valence-corrected chi connectivity index (χ2v) is 4.92. The molecule has 0 aliphatic carbocycles. The van der Waals surface area contributed by atoms with E-state index in [1.165, 1.54) is 25.0 Å². The van der Waals surface area contributed by atoms with Gasteiger partial charge in [0, 0.05) is 24.7 Å². The minimum atomic E-state index is -0.260. The lowest BCUT2D eigenvalue weighted by Gasteiger charge is -2.17. The van der Waals surface area contributed by atoms with Crippen molar-refractivity contribution >= 4 is 17.4 Å². The molecule has 1 aromatic carbocycles. The fourth-order valence-electron chi connectivity index (χ4n) is 2.28. The molecule has 0 saturated carbocycles. The quantitative estimate of drug-likeness (QED) is 0.786.